The van der Waals surface area contributed by atoms with Crippen molar-refractivity contribution < 1.29 is 32.1 Å². The number of halogens is 1. The smallest absolute Gasteiger partial charge is 0.341 e. The third-order valence-electron chi connectivity index (χ3n) is 4.56. The van der Waals surface area contributed by atoms with Crippen molar-refractivity contribution in [2.45, 2.75) is 30.7 Å². The van der Waals surface area contributed by atoms with E-state index in [1.54, 1.807) is 6.92 Å². The highest BCUT2D eigenvalue weighted by molar-refractivity contribution is 7.89. The number of nitro groups is 1. The summed E-state index contributed by atoms with van der Waals surface area (Å²) in [6.07, 6.45) is 0.627. The van der Waals surface area contributed by atoms with E-state index in [-0.39, 0.29) is 40.0 Å². The van der Waals surface area contributed by atoms with Crippen LogP contribution in [0.4, 0.5) is 14.4 Å². The number of thiophene rings is 1. The lowest BCUT2D eigenvalue weighted by atomic mass is 10.2. The van der Waals surface area contributed by atoms with Crippen LogP contribution in [0.3, 0.4) is 0 Å². The normalized spacial score (nSPS) is 16.8. The number of hydrogen-bond donors (Lipinski definition) is 1. The number of rotatable bonds is 7. The average Bonchev–Trinajstić information content (AvgIpc) is 3.36. The molecule has 1 aliphatic heterocycles. The Bertz CT molecular complexity index is 1120. The first-order valence-corrected chi connectivity index (χ1v) is 11.4. The number of benzene rings is 1. The summed E-state index contributed by atoms with van der Waals surface area (Å²) in [4.78, 5) is 35.2. The third kappa shape index (κ3) is 4.73. The Morgan fingerprint density at radius 2 is 2.03 bits per heavy atom. The predicted octanol–water partition coefficient (Wildman–Crippen LogP) is 2.76. The van der Waals surface area contributed by atoms with Gasteiger partial charge in [-0.25, -0.2) is 17.6 Å². The van der Waals surface area contributed by atoms with Gasteiger partial charge in [-0.1, -0.05) is 0 Å². The van der Waals surface area contributed by atoms with Crippen molar-refractivity contribution in [2.75, 3.05) is 18.5 Å². The number of anilines is 1. The van der Waals surface area contributed by atoms with Crippen LogP contribution in [0.1, 0.15) is 30.1 Å². The fourth-order valence-corrected chi connectivity index (χ4v) is 5.67. The molecular weight excluding hydrogens is 453 g/mol. The molecule has 3 rings (SSSR count). The molecule has 2 aromatic rings. The Balaban J connectivity index is 1.87. The molecule has 0 saturated carbocycles. The van der Waals surface area contributed by atoms with Crippen molar-refractivity contribution in [3.8, 4) is 0 Å². The molecule has 0 aliphatic carbocycles. The highest BCUT2D eigenvalue weighted by Crippen LogP contribution is 2.35. The lowest BCUT2D eigenvalue weighted by Crippen LogP contribution is -2.43. The number of carbonyl (C=O) groups is 2. The second-order valence-corrected chi connectivity index (χ2v) is 9.44. The fraction of sp³-hybridized carbons (Fsp3) is 0.333. The zero-order valence-electron chi connectivity index (χ0n) is 16.2. The van der Waals surface area contributed by atoms with Gasteiger partial charge in [0.25, 0.3) is 0 Å². The zero-order chi connectivity index (χ0) is 22.8. The monoisotopic (exact) mass is 471 g/mol. The predicted molar refractivity (Wildman–Crippen MR) is 109 cm³/mol. The van der Waals surface area contributed by atoms with E-state index in [0.29, 0.717) is 17.8 Å². The minimum absolute atomic E-state index is 0.0299. The molecule has 2 heterocycles. The fourth-order valence-electron chi connectivity index (χ4n) is 3.15. The first kappa shape index (κ1) is 22.8. The first-order chi connectivity index (χ1) is 14.6. The van der Waals surface area contributed by atoms with E-state index in [1.165, 1.54) is 0 Å². The molecule has 1 aromatic carbocycles. The standard InChI is InChI=1S/C18H18FN3O7S2/c1-2-29-18(24)13-10-15(22(25)26)30-17(13)20-16(23)14-4-3-9-21(14)31(27,28)12-7-5-11(19)6-8-12/h5-8,10,14H,2-4,9H2,1H3,(H,20,23). The van der Waals surface area contributed by atoms with Gasteiger partial charge in [-0.2, -0.15) is 4.31 Å². The maximum absolute atomic E-state index is 13.2. The molecule has 1 aromatic heterocycles. The van der Waals surface area contributed by atoms with Crippen LogP contribution in [-0.4, -0.2) is 48.7 Å². The van der Waals surface area contributed by atoms with Crippen molar-refractivity contribution >= 4 is 43.2 Å². The van der Waals surface area contributed by atoms with Gasteiger partial charge >= 0.3 is 11.0 Å². The quantitative estimate of drug-likeness (QED) is 0.372. The summed E-state index contributed by atoms with van der Waals surface area (Å²) in [5, 5.41) is 13.1. The van der Waals surface area contributed by atoms with E-state index in [1.807, 2.05) is 0 Å². The molecule has 0 spiro atoms. The topological polar surface area (TPSA) is 136 Å². The van der Waals surface area contributed by atoms with Gasteiger partial charge < -0.3 is 10.1 Å². The molecular formula is C18H18FN3O7S2. The Labute approximate surface area is 180 Å². The Hall–Kier alpha value is -2.90. The molecule has 0 bridgehead atoms. The van der Waals surface area contributed by atoms with Crippen LogP contribution in [0.15, 0.2) is 35.2 Å². The summed E-state index contributed by atoms with van der Waals surface area (Å²) in [7, 11) is -4.08. The average molecular weight is 471 g/mol. The van der Waals surface area contributed by atoms with E-state index in [4.69, 9.17) is 4.74 Å². The number of amides is 1. The summed E-state index contributed by atoms with van der Waals surface area (Å²) < 4.78 is 44.9. The van der Waals surface area contributed by atoms with Crippen molar-refractivity contribution in [1.29, 1.82) is 0 Å². The summed E-state index contributed by atoms with van der Waals surface area (Å²) in [6, 6.07) is 4.15. The molecule has 10 nitrogen and oxygen atoms in total. The molecule has 31 heavy (non-hydrogen) atoms. The summed E-state index contributed by atoms with van der Waals surface area (Å²) in [5.74, 6) is -2.17. The molecule has 1 aliphatic rings. The van der Waals surface area contributed by atoms with Crippen LogP contribution in [0.25, 0.3) is 0 Å². The second kappa shape index (κ2) is 9.08. The lowest BCUT2D eigenvalue weighted by Gasteiger charge is -2.23. The number of esters is 1. The van der Waals surface area contributed by atoms with E-state index in [0.717, 1.165) is 34.6 Å². The van der Waals surface area contributed by atoms with Crippen molar-refractivity contribution in [1.82, 2.24) is 4.31 Å². The van der Waals surface area contributed by atoms with Crippen LogP contribution < -0.4 is 5.32 Å². The van der Waals surface area contributed by atoms with Crippen LogP contribution in [0.5, 0.6) is 0 Å². The molecule has 1 fully saturated rings. The maximum atomic E-state index is 13.2. The SMILES string of the molecule is CCOC(=O)c1cc([N+](=O)[O-])sc1NC(=O)C1CCCN1S(=O)(=O)c1ccc(F)cc1. The van der Waals surface area contributed by atoms with Crippen LogP contribution >= 0.6 is 11.3 Å². The third-order valence-corrected chi connectivity index (χ3v) is 7.48. The molecule has 1 saturated heterocycles. The Morgan fingerprint density at radius 1 is 1.35 bits per heavy atom. The first-order valence-electron chi connectivity index (χ1n) is 9.18. The number of nitrogens with one attached hydrogen (secondary N) is 1. The summed E-state index contributed by atoms with van der Waals surface area (Å²) >= 11 is 0.574. The Morgan fingerprint density at radius 3 is 2.65 bits per heavy atom. The molecule has 0 radical (unpaired) electrons. The van der Waals surface area contributed by atoms with Crippen molar-refractivity contribution in [2.24, 2.45) is 0 Å². The number of ether oxygens (including phenoxy) is 1. The highest BCUT2D eigenvalue weighted by atomic mass is 32.2. The van der Waals surface area contributed by atoms with E-state index in [2.05, 4.69) is 5.32 Å². The van der Waals surface area contributed by atoms with Crippen LogP contribution in [0.2, 0.25) is 0 Å². The van der Waals surface area contributed by atoms with E-state index < -0.39 is 38.7 Å². The zero-order valence-corrected chi connectivity index (χ0v) is 17.9. The van der Waals surface area contributed by atoms with Crippen LogP contribution in [0, 0.1) is 15.9 Å². The molecule has 1 N–H and O–H groups in total. The van der Waals surface area contributed by atoms with Gasteiger partial charge in [0.2, 0.25) is 15.9 Å². The summed E-state index contributed by atoms with van der Waals surface area (Å²) in [6.45, 7) is 1.67. The number of nitrogens with zero attached hydrogens (tertiary/aromatic N) is 2. The van der Waals surface area contributed by atoms with Gasteiger partial charge in [-0.3, -0.25) is 14.9 Å². The van der Waals surface area contributed by atoms with Gasteiger partial charge in [0, 0.05) is 12.6 Å². The number of sulfonamides is 1. The largest absolute Gasteiger partial charge is 0.462 e. The lowest BCUT2D eigenvalue weighted by molar-refractivity contribution is -0.380. The van der Waals surface area contributed by atoms with Gasteiger partial charge in [0.05, 0.1) is 16.4 Å². The van der Waals surface area contributed by atoms with Gasteiger partial charge in [0.1, 0.15) is 22.4 Å². The molecule has 166 valence electrons. The number of carbonyl (C=O) groups excluding carboxylic acids is 2. The van der Waals surface area contributed by atoms with Crippen molar-refractivity contribution in [3.05, 3.63) is 51.8 Å². The molecule has 1 atom stereocenters. The maximum Gasteiger partial charge on any atom is 0.341 e. The van der Waals surface area contributed by atoms with Gasteiger partial charge in [-0.15, -0.1) is 0 Å². The minimum atomic E-state index is -4.08. The van der Waals surface area contributed by atoms with Crippen LogP contribution in [-0.2, 0) is 19.6 Å². The molecule has 1 amide bonds. The van der Waals surface area contributed by atoms with Crippen molar-refractivity contribution in [3.63, 3.8) is 0 Å². The highest BCUT2D eigenvalue weighted by Gasteiger charge is 2.40. The second-order valence-electron chi connectivity index (χ2n) is 6.52. The summed E-state index contributed by atoms with van der Waals surface area (Å²) in [5.41, 5.74) is -0.183. The molecule has 1 unspecified atom stereocenters. The molecule has 13 heteroatoms. The minimum Gasteiger partial charge on any atom is -0.462 e. The number of hydrogen-bond acceptors (Lipinski definition) is 8. The van der Waals surface area contributed by atoms with E-state index >= 15 is 0 Å². The Kier molecular flexibility index (Phi) is 6.67. The van der Waals surface area contributed by atoms with Gasteiger partial charge in [-0.05, 0) is 55.4 Å². The van der Waals surface area contributed by atoms with E-state index in [9.17, 15) is 32.5 Å². The van der Waals surface area contributed by atoms with Gasteiger partial charge in [0.15, 0.2) is 0 Å².